The molecule has 0 aromatic heterocycles. The minimum absolute atomic E-state index is 0. The maximum Gasteiger partial charge on any atom is 0 e. The van der Waals surface area contributed by atoms with E-state index >= 15 is 0 Å². The summed E-state index contributed by atoms with van der Waals surface area (Å²) in [6.45, 7) is 13.4. The van der Waals surface area contributed by atoms with E-state index in [0.717, 1.165) is 24.8 Å². The van der Waals surface area contributed by atoms with Crippen molar-refractivity contribution in [2.75, 3.05) is 20.1 Å². The summed E-state index contributed by atoms with van der Waals surface area (Å²) in [7, 11) is 2.24. The van der Waals surface area contributed by atoms with Gasteiger partial charge in [-0.2, -0.15) is 12.8 Å². The van der Waals surface area contributed by atoms with Crippen LogP contribution in [0.3, 0.4) is 0 Å². The van der Waals surface area contributed by atoms with Crippen LogP contribution in [0.4, 0.5) is 0 Å². The molecule has 1 heterocycles. The molecule has 0 N–H and O–H groups in total. The summed E-state index contributed by atoms with van der Waals surface area (Å²) < 4.78 is 0.101. The largest absolute Gasteiger partial charge is 0.343 e. The van der Waals surface area contributed by atoms with Crippen LogP contribution in [-0.2, 0) is 32.7 Å². The summed E-state index contributed by atoms with van der Waals surface area (Å²) in [5.74, 6) is 3.14. The Morgan fingerprint density at radius 2 is 2.16 bits per heavy atom. The summed E-state index contributed by atoms with van der Waals surface area (Å²) in [6, 6.07) is 0. The van der Waals surface area contributed by atoms with Crippen molar-refractivity contribution in [3.63, 3.8) is 0 Å². The maximum atomic E-state index is 4.99. The smallest absolute Gasteiger partial charge is 0 e. The molecule has 0 aliphatic carbocycles. The van der Waals surface area contributed by atoms with Gasteiger partial charge < -0.3 is 11.8 Å². The van der Waals surface area contributed by atoms with Gasteiger partial charge in [-0.05, 0) is 25.9 Å². The van der Waals surface area contributed by atoms with Crippen LogP contribution in [0.2, 0.25) is 0 Å². The van der Waals surface area contributed by atoms with Crippen molar-refractivity contribution in [1.29, 1.82) is 0 Å². The maximum absolute atomic E-state index is 4.99. The molecular weight excluding hydrogens is 327 g/mol. The second kappa shape index (κ2) is 9.43. The molecule has 19 heavy (non-hydrogen) atoms. The minimum Gasteiger partial charge on any atom is -0.343 e. The number of hydrogen-bond acceptors (Lipinski definition) is 2. The number of likely N-dealkylation sites (tertiary alicyclic amines) is 1. The third-order valence-electron chi connectivity index (χ3n) is 4.26. The molecule has 1 nitrogen and oxygen atoms in total. The Labute approximate surface area is 152 Å². The molecule has 0 aromatic rings. The van der Waals surface area contributed by atoms with Crippen molar-refractivity contribution in [2.24, 2.45) is 11.8 Å². The second-order valence-electron chi connectivity index (χ2n) is 6.66. The van der Waals surface area contributed by atoms with Gasteiger partial charge in [0.1, 0.15) is 0 Å². The van der Waals surface area contributed by atoms with Crippen LogP contribution in [0.1, 0.15) is 52.9 Å². The molecule has 0 amide bonds. The normalized spacial score (nSPS) is 32.2. The fraction of sp³-hybridized carbons (Fsp3) is 0.875. The summed E-state index contributed by atoms with van der Waals surface area (Å²) in [5.41, 5.74) is 0. The first kappa shape index (κ1) is 20.4. The van der Waals surface area contributed by atoms with Crippen molar-refractivity contribution in [3.8, 4) is 0 Å². The zero-order valence-electron chi connectivity index (χ0n) is 13.3. The quantitative estimate of drug-likeness (QED) is 0.581. The Morgan fingerprint density at radius 3 is 2.74 bits per heavy atom. The monoisotopic (exact) mass is 358 g/mol. The molecule has 3 atom stereocenters. The summed E-state index contributed by atoms with van der Waals surface area (Å²) in [6.07, 6.45) is 6.01. The van der Waals surface area contributed by atoms with Crippen LogP contribution in [0.5, 0.6) is 0 Å². The molecule has 3 unspecified atom stereocenters. The summed E-state index contributed by atoms with van der Waals surface area (Å²) in [5, 5.41) is 0. The van der Waals surface area contributed by atoms with Gasteiger partial charge in [0.25, 0.3) is 0 Å². The number of nitrogens with zero attached hydrogens (tertiary/aromatic N) is 1. The van der Waals surface area contributed by atoms with Crippen LogP contribution in [-0.4, -0.2) is 29.8 Å². The van der Waals surface area contributed by atoms with Gasteiger partial charge in [-0.1, -0.05) is 39.5 Å². The molecular formula is C16H31NSY-2. The van der Waals surface area contributed by atoms with Crippen molar-refractivity contribution in [1.82, 2.24) is 4.90 Å². The van der Waals surface area contributed by atoms with Crippen LogP contribution in [0.25, 0.3) is 0 Å². The van der Waals surface area contributed by atoms with Crippen LogP contribution in [0.15, 0.2) is 0 Å². The average molecular weight is 358 g/mol. The van der Waals surface area contributed by atoms with Gasteiger partial charge in [0.15, 0.2) is 0 Å². The molecule has 0 spiro atoms. The number of thiol groups is 1. The van der Waals surface area contributed by atoms with Gasteiger partial charge in [0, 0.05) is 32.7 Å². The zero-order valence-corrected chi connectivity index (χ0v) is 17.0. The van der Waals surface area contributed by atoms with E-state index in [0.29, 0.717) is 0 Å². The van der Waals surface area contributed by atoms with Crippen LogP contribution in [0, 0.1) is 24.7 Å². The molecule has 3 heteroatoms. The van der Waals surface area contributed by atoms with Crippen molar-refractivity contribution in [3.05, 3.63) is 12.8 Å². The van der Waals surface area contributed by atoms with E-state index in [1.165, 1.54) is 32.2 Å². The first-order valence-corrected chi connectivity index (χ1v) is 7.85. The van der Waals surface area contributed by atoms with E-state index < -0.39 is 0 Å². The van der Waals surface area contributed by atoms with Gasteiger partial charge in [0.2, 0.25) is 0 Å². The Hall–Kier alpha value is 1.41. The standard InChI is InChI=1S/C16H31NS.Y/c1-6-7-13(2)10-15-12-17(5)9-8-14(3)11-16(15,4)18;/h13-14,18H,1,6-12H2,2-5H3;/q-2;. The zero-order chi connectivity index (χ0) is 13.8. The average Bonchev–Trinajstić information content (AvgIpc) is 2.24. The van der Waals surface area contributed by atoms with Gasteiger partial charge in [-0.3, -0.25) is 5.92 Å². The molecule has 1 fully saturated rings. The third-order valence-corrected chi connectivity index (χ3v) is 4.76. The molecule has 1 aliphatic rings. The molecule has 0 aromatic carbocycles. The first-order chi connectivity index (χ1) is 8.35. The van der Waals surface area contributed by atoms with E-state index in [1.54, 1.807) is 5.92 Å². The Kier molecular flexibility index (Phi) is 10.1. The molecule has 1 rings (SSSR count). The van der Waals surface area contributed by atoms with E-state index in [2.05, 4.69) is 39.6 Å². The fourth-order valence-electron chi connectivity index (χ4n) is 3.10. The molecule has 111 valence electrons. The van der Waals surface area contributed by atoms with Gasteiger partial charge >= 0.3 is 0 Å². The van der Waals surface area contributed by atoms with E-state index in [4.69, 9.17) is 12.6 Å². The van der Waals surface area contributed by atoms with E-state index in [9.17, 15) is 0 Å². The van der Waals surface area contributed by atoms with Crippen LogP contribution < -0.4 is 0 Å². The Balaban J connectivity index is 0.00000324. The van der Waals surface area contributed by atoms with Gasteiger partial charge in [-0.25, -0.2) is 12.6 Å². The molecule has 1 saturated heterocycles. The third kappa shape index (κ3) is 7.29. The van der Waals surface area contributed by atoms with Crippen molar-refractivity contribution >= 4 is 12.6 Å². The van der Waals surface area contributed by atoms with Crippen molar-refractivity contribution in [2.45, 2.75) is 57.6 Å². The fourth-order valence-corrected chi connectivity index (χ4v) is 3.57. The number of rotatable bonds is 4. The predicted molar refractivity (Wildman–Crippen MR) is 84.9 cm³/mol. The molecule has 1 aliphatic heterocycles. The SMILES string of the molecule is [CH2-]CCC(C)C[C-]1CN(C)CCC(C)CC1(C)S.[Y]. The minimum atomic E-state index is 0. The second-order valence-corrected chi connectivity index (χ2v) is 7.65. The van der Waals surface area contributed by atoms with E-state index in [1.807, 2.05) is 0 Å². The van der Waals surface area contributed by atoms with Crippen LogP contribution >= 0.6 is 12.6 Å². The molecule has 1 radical (unpaired) electrons. The summed E-state index contributed by atoms with van der Waals surface area (Å²) >= 11 is 4.99. The van der Waals surface area contributed by atoms with Crippen molar-refractivity contribution < 1.29 is 32.7 Å². The van der Waals surface area contributed by atoms with E-state index in [-0.39, 0.29) is 37.5 Å². The van der Waals surface area contributed by atoms with Gasteiger partial charge in [0.05, 0.1) is 0 Å². The molecule has 0 saturated carbocycles. The topological polar surface area (TPSA) is 3.24 Å². The molecule has 0 bridgehead atoms. The first-order valence-electron chi connectivity index (χ1n) is 7.40. The Bertz CT molecular complexity index is 245. The number of hydrogen-bond donors (Lipinski definition) is 1. The Morgan fingerprint density at radius 1 is 1.53 bits per heavy atom. The predicted octanol–water partition coefficient (Wildman–Crippen LogP) is 4.25. The van der Waals surface area contributed by atoms with Gasteiger partial charge in [-0.15, -0.1) is 11.3 Å². The summed E-state index contributed by atoms with van der Waals surface area (Å²) in [4.78, 5) is 2.47.